The maximum atomic E-state index is 13.4. The Labute approximate surface area is 125 Å². The Morgan fingerprint density at radius 1 is 1.48 bits per heavy atom. The van der Waals surface area contributed by atoms with Gasteiger partial charge in [0.15, 0.2) is 6.10 Å². The fraction of sp³-hybridized carbons (Fsp3) is 0.438. The Kier molecular flexibility index (Phi) is 6.88. The van der Waals surface area contributed by atoms with Crippen molar-refractivity contribution in [1.82, 2.24) is 10.6 Å². The van der Waals surface area contributed by atoms with E-state index in [-0.39, 0.29) is 11.9 Å². The van der Waals surface area contributed by atoms with Crippen LogP contribution >= 0.6 is 0 Å². The smallest absolute Gasteiger partial charge is 0.261 e. The molecule has 1 aromatic carbocycles. The zero-order chi connectivity index (χ0) is 15.8. The Hall–Kier alpha value is -1.88. The van der Waals surface area contributed by atoms with Crippen LogP contribution < -0.4 is 15.4 Å². The Morgan fingerprint density at radius 2 is 2.19 bits per heavy atom. The maximum Gasteiger partial charge on any atom is 0.261 e. The van der Waals surface area contributed by atoms with Crippen LogP contribution in [0, 0.1) is 5.82 Å². The minimum atomic E-state index is -0.709. The summed E-state index contributed by atoms with van der Waals surface area (Å²) >= 11 is 0. The second-order valence-corrected chi connectivity index (χ2v) is 4.76. The van der Waals surface area contributed by atoms with Gasteiger partial charge in [-0.2, -0.15) is 0 Å². The van der Waals surface area contributed by atoms with Crippen molar-refractivity contribution in [3.05, 3.63) is 42.2 Å². The van der Waals surface area contributed by atoms with Gasteiger partial charge in [0.2, 0.25) is 0 Å². The van der Waals surface area contributed by atoms with Gasteiger partial charge in [0.25, 0.3) is 5.91 Å². The molecular formula is C16H23FN2O2. The van der Waals surface area contributed by atoms with Gasteiger partial charge in [-0.1, -0.05) is 19.1 Å². The average Bonchev–Trinajstić information content (AvgIpc) is 2.44. The third-order valence-corrected chi connectivity index (χ3v) is 3.05. The molecule has 0 fully saturated rings. The number of rotatable bonds is 8. The van der Waals surface area contributed by atoms with Crippen LogP contribution in [0.4, 0.5) is 4.39 Å². The number of ether oxygens (including phenoxy) is 1. The zero-order valence-corrected chi connectivity index (χ0v) is 12.8. The molecule has 0 radical (unpaired) electrons. The summed E-state index contributed by atoms with van der Waals surface area (Å²) in [5.74, 6) is -0.276. The first kappa shape index (κ1) is 17.2. The average molecular weight is 294 g/mol. The molecule has 0 bridgehead atoms. The first-order valence-corrected chi connectivity index (χ1v) is 7.07. The number of nitrogens with one attached hydrogen (secondary N) is 2. The van der Waals surface area contributed by atoms with Gasteiger partial charge in [-0.3, -0.25) is 4.79 Å². The Bertz CT molecular complexity index is 491. The van der Waals surface area contributed by atoms with Gasteiger partial charge in [-0.15, -0.1) is 6.58 Å². The quantitative estimate of drug-likeness (QED) is 0.725. The normalized spacial score (nSPS) is 13.3. The molecule has 0 aliphatic heterocycles. The maximum absolute atomic E-state index is 13.4. The summed E-state index contributed by atoms with van der Waals surface area (Å²) in [5.41, 5.74) is 0.821. The van der Waals surface area contributed by atoms with Crippen molar-refractivity contribution < 1.29 is 13.9 Å². The standard InChI is InChI=1S/C16H23FN2O2/c1-5-9-19-16(20)12(4)21-15-10-13(17)7-8-14(15)11(3)18-6-2/h5,7-8,10-12,18H,1,6,9H2,2-4H3,(H,19,20). The fourth-order valence-corrected chi connectivity index (χ4v) is 1.94. The molecule has 2 unspecified atom stereocenters. The van der Waals surface area contributed by atoms with Crippen LogP contribution in [-0.4, -0.2) is 25.1 Å². The van der Waals surface area contributed by atoms with Crippen LogP contribution in [0.25, 0.3) is 0 Å². The number of halogens is 1. The zero-order valence-electron chi connectivity index (χ0n) is 12.8. The van der Waals surface area contributed by atoms with Crippen molar-refractivity contribution >= 4 is 5.91 Å². The molecule has 116 valence electrons. The number of hydrogen-bond donors (Lipinski definition) is 2. The van der Waals surface area contributed by atoms with Gasteiger partial charge in [-0.05, 0) is 26.5 Å². The molecule has 1 amide bonds. The molecule has 2 atom stereocenters. The molecule has 0 aromatic heterocycles. The van der Waals surface area contributed by atoms with Crippen molar-refractivity contribution in [1.29, 1.82) is 0 Å². The van der Waals surface area contributed by atoms with Gasteiger partial charge in [0, 0.05) is 24.2 Å². The molecule has 0 saturated carbocycles. The molecule has 2 N–H and O–H groups in total. The first-order valence-electron chi connectivity index (χ1n) is 7.07. The Balaban J connectivity index is 2.87. The van der Waals surface area contributed by atoms with Crippen LogP contribution in [0.5, 0.6) is 5.75 Å². The topological polar surface area (TPSA) is 50.4 Å². The number of carbonyl (C=O) groups is 1. The van der Waals surface area contributed by atoms with Crippen molar-refractivity contribution in [2.75, 3.05) is 13.1 Å². The summed E-state index contributed by atoms with van der Waals surface area (Å²) in [4.78, 5) is 11.8. The van der Waals surface area contributed by atoms with E-state index in [2.05, 4.69) is 17.2 Å². The van der Waals surface area contributed by atoms with E-state index in [1.165, 1.54) is 12.1 Å². The van der Waals surface area contributed by atoms with Crippen molar-refractivity contribution in [3.63, 3.8) is 0 Å². The van der Waals surface area contributed by atoms with E-state index in [0.29, 0.717) is 12.3 Å². The van der Waals surface area contributed by atoms with Gasteiger partial charge in [0.1, 0.15) is 11.6 Å². The van der Waals surface area contributed by atoms with Crippen molar-refractivity contribution in [3.8, 4) is 5.75 Å². The van der Waals surface area contributed by atoms with Crippen LogP contribution in [0.15, 0.2) is 30.9 Å². The molecule has 1 aromatic rings. The SMILES string of the molecule is C=CCNC(=O)C(C)Oc1cc(F)ccc1C(C)NCC. The highest BCUT2D eigenvalue weighted by atomic mass is 19.1. The van der Waals surface area contributed by atoms with E-state index in [0.717, 1.165) is 12.1 Å². The summed E-state index contributed by atoms with van der Waals surface area (Å²) in [6.07, 6.45) is 0.880. The van der Waals surface area contributed by atoms with E-state index >= 15 is 0 Å². The highest BCUT2D eigenvalue weighted by molar-refractivity contribution is 5.80. The molecule has 0 aliphatic carbocycles. The minimum Gasteiger partial charge on any atom is -0.480 e. The monoisotopic (exact) mass is 294 g/mol. The van der Waals surface area contributed by atoms with E-state index < -0.39 is 11.9 Å². The largest absolute Gasteiger partial charge is 0.480 e. The third kappa shape index (κ3) is 5.19. The molecule has 0 saturated heterocycles. The molecule has 21 heavy (non-hydrogen) atoms. The molecule has 1 rings (SSSR count). The Morgan fingerprint density at radius 3 is 2.81 bits per heavy atom. The predicted molar refractivity (Wildman–Crippen MR) is 81.8 cm³/mol. The first-order chi connectivity index (χ1) is 9.99. The van der Waals surface area contributed by atoms with E-state index in [1.54, 1.807) is 19.1 Å². The predicted octanol–water partition coefficient (Wildman–Crippen LogP) is 2.57. The van der Waals surface area contributed by atoms with Crippen LogP contribution in [-0.2, 0) is 4.79 Å². The van der Waals surface area contributed by atoms with E-state index in [4.69, 9.17) is 4.74 Å². The van der Waals surface area contributed by atoms with Crippen molar-refractivity contribution in [2.45, 2.75) is 32.9 Å². The van der Waals surface area contributed by atoms with Crippen LogP contribution in [0.2, 0.25) is 0 Å². The lowest BCUT2D eigenvalue weighted by Gasteiger charge is -2.20. The van der Waals surface area contributed by atoms with Gasteiger partial charge >= 0.3 is 0 Å². The van der Waals surface area contributed by atoms with Gasteiger partial charge < -0.3 is 15.4 Å². The lowest BCUT2D eigenvalue weighted by atomic mass is 10.1. The minimum absolute atomic E-state index is 0.00837. The molecule has 0 heterocycles. The summed E-state index contributed by atoms with van der Waals surface area (Å²) in [5, 5.41) is 5.89. The molecular weight excluding hydrogens is 271 g/mol. The lowest BCUT2D eigenvalue weighted by molar-refractivity contribution is -0.127. The fourth-order valence-electron chi connectivity index (χ4n) is 1.94. The number of benzene rings is 1. The van der Waals surface area contributed by atoms with Crippen LogP contribution in [0.1, 0.15) is 32.4 Å². The van der Waals surface area contributed by atoms with Crippen molar-refractivity contribution in [2.24, 2.45) is 0 Å². The second kappa shape index (κ2) is 8.42. The summed E-state index contributed by atoms with van der Waals surface area (Å²) < 4.78 is 19.1. The molecule has 4 nitrogen and oxygen atoms in total. The summed E-state index contributed by atoms with van der Waals surface area (Å²) in [6.45, 7) is 10.3. The van der Waals surface area contributed by atoms with E-state index in [1.807, 2.05) is 13.8 Å². The molecule has 0 aliphatic rings. The lowest BCUT2D eigenvalue weighted by Crippen LogP contribution is -2.36. The molecule has 0 spiro atoms. The highest BCUT2D eigenvalue weighted by Crippen LogP contribution is 2.27. The van der Waals surface area contributed by atoms with Gasteiger partial charge in [-0.25, -0.2) is 4.39 Å². The second-order valence-electron chi connectivity index (χ2n) is 4.76. The number of carbonyl (C=O) groups excluding carboxylic acids is 1. The highest BCUT2D eigenvalue weighted by Gasteiger charge is 2.18. The van der Waals surface area contributed by atoms with E-state index in [9.17, 15) is 9.18 Å². The molecule has 5 heteroatoms. The number of amides is 1. The summed E-state index contributed by atoms with van der Waals surface area (Å²) in [6, 6.07) is 4.37. The third-order valence-electron chi connectivity index (χ3n) is 3.05. The summed E-state index contributed by atoms with van der Waals surface area (Å²) in [7, 11) is 0. The number of hydrogen-bond acceptors (Lipinski definition) is 3. The van der Waals surface area contributed by atoms with Gasteiger partial charge in [0.05, 0.1) is 0 Å². The van der Waals surface area contributed by atoms with Crippen LogP contribution in [0.3, 0.4) is 0 Å².